The molecule has 0 spiro atoms. The molecular weight excluding hydrogens is 450 g/mol. The molecule has 0 bridgehead atoms. The van der Waals surface area contributed by atoms with Gasteiger partial charge in [0.1, 0.15) is 5.75 Å². The monoisotopic (exact) mass is 477 g/mol. The third kappa shape index (κ3) is 4.43. The SMILES string of the molecule is CC(C)S(=O)(=O)Nc1ccc(-c2c(N)c3ccc(Oc4ncccn4)cc3n2CC2CC2)cc1. The van der Waals surface area contributed by atoms with E-state index in [2.05, 4.69) is 19.3 Å². The molecule has 9 heteroatoms. The minimum atomic E-state index is -3.41. The van der Waals surface area contributed by atoms with Gasteiger partial charge in [-0.1, -0.05) is 12.1 Å². The van der Waals surface area contributed by atoms with Gasteiger partial charge in [-0.3, -0.25) is 4.72 Å². The van der Waals surface area contributed by atoms with Gasteiger partial charge in [-0.05, 0) is 62.9 Å². The Morgan fingerprint density at radius 2 is 1.82 bits per heavy atom. The smallest absolute Gasteiger partial charge is 0.321 e. The van der Waals surface area contributed by atoms with Crippen molar-refractivity contribution in [3.05, 3.63) is 60.9 Å². The lowest BCUT2D eigenvalue weighted by Crippen LogP contribution is -2.22. The lowest BCUT2D eigenvalue weighted by molar-refractivity contribution is 0.442. The zero-order valence-electron chi connectivity index (χ0n) is 19.1. The van der Waals surface area contributed by atoms with Gasteiger partial charge in [0.2, 0.25) is 10.0 Å². The molecule has 8 nitrogen and oxygen atoms in total. The molecule has 0 saturated heterocycles. The van der Waals surface area contributed by atoms with E-state index in [1.807, 2.05) is 30.3 Å². The molecule has 1 aliphatic rings. The maximum absolute atomic E-state index is 12.2. The summed E-state index contributed by atoms with van der Waals surface area (Å²) in [6.45, 7) is 4.15. The second kappa shape index (κ2) is 8.64. The van der Waals surface area contributed by atoms with Gasteiger partial charge >= 0.3 is 6.01 Å². The minimum absolute atomic E-state index is 0.287. The predicted octanol–water partition coefficient (Wildman–Crippen LogP) is 5.03. The summed E-state index contributed by atoms with van der Waals surface area (Å²) in [5, 5.41) is 0.433. The standard InChI is InChI=1S/C25H27N5O3S/c1-16(2)34(31,32)29-19-8-6-18(7-9-19)24-23(26)21-11-10-20(33-25-27-12-3-13-28-25)14-22(21)30(24)15-17-4-5-17/h3,6-14,16-17,29H,4-5,15,26H2,1-2H3. The second-order valence-corrected chi connectivity index (χ2v) is 11.1. The lowest BCUT2D eigenvalue weighted by Gasteiger charge is -2.14. The van der Waals surface area contributed by atoms with Gasteiger partial charge < -0.3 is 15.0 Å². The fourth-order valence-corrected chi connectivity index (χ4v) is 4.60. The van der Waals surface area contributed by atoms with Gasteiger partial charge in [-0.2, -0.15) is 0 Å². The first-order valence-corrected chi connectivity index (χ1v) is 12.8. The molecule has 1 saturated carbocycles. The van der Waals surface area contributed by atoms with E-state index in [9.17, 15) is 8.42 Å². The number of ether oxygens (including phenoxy) is 1. The molecule has 2 aromatic carbocycles. The van der Waals surface area contributed by atoms with Crippen LogP contribution in [0.3, 0.4) is 0 Å². The average Bonchev–Trinajstić information content (AvgIpc) is 3.59. The first-order valence-electron chi connectivity index (χ1n) is 11.3. The van der Waals surface area contributed by atoms with Crippen LogP contribution >= 0.6 is 0 Å². The molecule has 0 atom stereocenters. The largest absolute Gasteiger partial charge is 0.424 e. The zero-order chi connectivity index (χ0) is 23.9. The Hall–Kier alpha value is -3.59. The normalized spacial score (nSPS) is 14.0. The van der Waals surface area contributed by atoms with E-state index in [1.54, 1.807) is 44.4 Å². The maximum Gasteiger partial charge on any atom is 0.321 e. The molecule has 2 aromatic heterocycles. The molecule has 0 amide bonds. The fourth-order valence-electron chi connectivity index (χ4n) is 3.90. The van der Waals surface area contributed by atoms with E-state index in [4.69, 9.17) is 10.5 Å². The maximum atomic E-state index is 12.2. The number of rotatable bonds is 8. The van der Waals surface area contributed by atoms with E-state index < -0.39 is 15.3 Å². The van der Waals surface area contributed by atoms with Crippen molar-refractivity contribution < 1.29 is 13.2 Å². The lowest BCUT2D eigenvalue weighted by atomic mass is 10.1. The quantitative estimate of drug-likeness (QED) is 0.368. The molecule has 34 heavy (non-hydrogen) atoms. The summed E-state index contributed by atoms with van der Waals surface area (Å²) in [5.74, 6) is 1.26. The van der Waals surface area contributed by atoms with Crippen LogP contribution in [0.4, 0.5) is 11.4 Å². The van der Waals surface area contributed by atoms with Gasteiger partial charge in [-0.25, -0.2) is 18.4 Å². The Morgan fingerprint density at radius 3 is 2.47 bits per heavy atom. The number of hydrogen-bond donors (Lipinski definition) is 2. The number of benzene rings is 2. The number of nitrogens with two attached hydrogens (primary N) is 1. The summed E-state index contributed by atoms with van der Waals surface area (Å²) in [4.78, 5) is 8.27. The van der Waals surface area contributed by atoms with Gasteiger partial charge in [0.05, 0.1) is 22.1 Å². The Balaban J connectivity index is 1.54. The second-order valence-electron chi connectivity index (χ2n) is 8.90. The van der Waals surface area contributed by atoms with Crippen LogP contribution in [-0.2, 0) is 16.6 Å². The number of fused-ring (bicyclic) bond motifs is 1. The van der Waals surface area contributed by atoms with Crippen LogP contribution in [0.25, 0.3) is 22.2 Å². The molecule has 0 aliphatic heterocycles. The van der Waals surface area contributed by atoms with Gasteiger partial charge in [-0.15, -0.1) is 0 Å². The fraction of sp³-hybridized carbons (Fsp3) is 0.280. The van der Waals surface area contributed by atoms with Crippen molar-refractivity contribution in [1.82, 2.24) is 14.5 Å². The van der Waals surface area contributed by atoms with Gasteiger partial charge in [0.15, 0.2) is 0 Å². The van der Waals surface area contributed by atoms with Crippen molar-refractivity contribution >= 4 is 32.3 Å². The Kier molecular flexibility index (Phi) is 5.65. The number of nitrogen functional groups attached to an aromatic ring is 1. The summed E-state index contributed by atoms with van der Waals surface area (Å²) in [6, 6.07) is 15.2. The van der Waals surface area contributed by atoms with Crippen molar-refractivity contribution in [3.8, 4) is 23.0 Å². The summed E-state index contributed by atoms with van der Waals surface area (Å²) in [5.41, 5.74) is 10.7. The van der Waals surface area contributed by atoms with E-state index in [-0.39, 0.29) is 6.01 Å². The van der Waals surface area contributed by atoms with Crippen LogP contribution in [0.5, 0.6) is 11.8 Å². The molecule has 1 aliphatic carbocycles. The number of aromatic nitrogens is 3. The molecule has 1 fully saturated rings. The topological polar surface area (TPSA) is 112 Å². The molecule has 2 heterocycles. The molecule has 0 radical (unpaired) electrons. The van der Waals surface area contributed by atoms with E-state index >= 15 is 0 Å². The van der Waals surface area contributed by atoms with Crippen molar-refractivity contribution in [2.24, 2.45) is 5.92 Å². The third-order valence-electron chi connectivity index (χ3n) is 6.00. The van der Waals surface area contributed by atoms with Crippen LogP contribution in [0.1, 0.15) is 26.7 Å². The summed E-state index contributed by atoms with van der Waals surface area (Å²) in [7, 11) is -3.41. The third-order valence-corrected chi connectivity index (χ3v) is 7.76. The molecular formula is C25H27N5O3S. The Morgan fingerprint density at radius 1 is 1.12 bits per heavy atom. The van der Waals surface area contributed by atoms with E-state index in [0.29, 0.717) is 23.0 Å². The Bertz CT molecular complexity index is 1430. The zero-order valence-corrected chi connectivity index (χ0v) is 19.9. The van der Waals surface area contributed by atoms with Gasteiger partial charge in [0.25, 0.3) is 0 Å². The molecule has 176 valence electrons. The van der Waals surface area contributed by atoms with Crippen molar-refractivity contribution in [2.75, 3.05) is 10.5 Å². The van der Waals surface area contributed by atoms with Crippen molar-refractivity contribution in [3.63, 3.8) is 0 Å². The van der Waals surface area contributed by atoms with Crippen LogP contribution in [0.15, 0.2) is 60.9 Å². The number of hydrogen-bond acceptors (Lipinski definition) is 6. The molecule has 0 unspecified atom stereocenters. The molecule has 4 aromatic rings. The number of nitrogens with zero attached hydrogens (tertiary/aromatic N) is 3. The highest BCUT2D eigenvalue weighted by Crippen LogP contribution is 2.41. The van der Waals surface area contributed by atoms with Crippen LogP contribution < -0.4 is 15.2 Å². The number of anilines is 2. The highest BCUT2D eigenvalue weighted by molar-refractivity contribution is 7.93. The first-order chi connectivity index (χ1) is 16.3. The molecule has 3 N–H and O–H groups in total. The highest BCUT2D eigenvalue weighted by Gasteiger charge is 2.26. The number of sulfonamides is 1. The summed E-state index contributed by atoms with van der Waals surface area (Å²) >= 11 is 0. The summed E-state index contributed by atoms with van der Waals surface area (Å²) in [6.07, 6.45) is 5.67. The van der Waals surface area contributed by atoms with Crippen LogP contribution in [0.2, 0.25) is 0 Å². The van der Waals surface area contributed by atoms with Gasteiger partial charge in [0, 0.05) is 41.6 Å². The van der Waals surface area contributed by atoms with Crippen LogP contribution in [0, 0.1) is 5.92 Å². The Labute approximate surface area is 198 Å². The van der Waals surface area contributed by atoms with E-state index in [0.717, 1.165) is 28.7 Å². The highest BCUT2D eigenvalue weighted by atomic mass is 32.2. The number of nitrogens with one attached hydrogen (secondary N) is 1. The van der Waals surface area contributed by atoms with Crippen LogP contribution in [-0.4, -0.2) is 28.2 Å². The first kappa shape index (κ1) is 22.2. The predicted molar refractivity (Wildman–Crippen MR) is 134 cm³/mol. The minimum Gasteiger partial charge on any atom is -0.424 e. The van der Waals surface area contributed by atoms with Crippen molar-refractivity contribution in [2.45, 2.75) is 38.5 Å². The average molecular weight is 478 g/mol. The van der Waals surface area contributed by atoms with E-state index in [1.165, 1.54) is 12.8 Å². The van der Waals surface area contributed by atoms with Crippen molar-refractivity contribution in [1.29, 1.82) is 0 Å². The summed E-state index contributed by atoms with van der Waals surface area (Å²) < 4.78 is 35.2. The molecule has 5 rings (SSSR count).